The van der Waals surface area contributed by atoms with Crippen molar-refractivity contribution < 1.29 is 14.3 Å². The number of hydrogen-bond donors (Lipinski definition) is 0. The van der Waals surface area contributed by atoms with Crippen LogP contribution in [-0.2, 0) is 4.74 Å². The first-order valence-electron chi connectivity index (χ1n) is 4.94. The summed E-state index contributed by atoms with van der Waals surface area (Å²) in [5.74, 6) is 0.505. The lowest BCUT2D eigenvalue weighted by atomic mass is 10.2. The van der Waals surface area contributed by atoms with E-state index in [1.165, 1.54) is 12.4 Å². The van der Waals surface area contributed by atoms with Gasteiger partial charge in [-0.2, -0.15) is 9.78 Å². The Morgan fingerprint density at radius 1 is 1.62 bits per heavy atom. The summed E-state index contributed by atoms with van der Waals surface area (Å²) >= 11 is 0. The zero-order valence-electron chi connectivity index (χ0n) is 9.77. The number of carbonyl (C=O) groups is 1. The van der Waals surface area contributed by atoms with Crippen molar-refractivity contribution in [2.24, 2.45) is 0 Å². The van der Waals surface area contributed by atoms with Crippen LogP contribution in [0.3, 0.4) is 0 Å². The van der Waals surface area contributed by atoms with Gasteiger partial charge in [-0.3, -0.25) is 0 Å². The Labute approximate surface area is 94.7 Å². The monoisotopic (exact) mass is 224 g/mol. The standard InChI is InChI=1S/C11H16N2O3/c1-5-6-15-9-7-12-13(8-9)10(14)16-11(2,3)4/h5,7-8H,1,6H2,2-4H3. The van der Waals surface area contributed by atoms with Crippen molar-refractivity contribution in [3.05, 3.63) is 25.0 Å². The number of hydrogen-bond acceptors (Lipinski definition) is 4. The molecule has 88 valence electrons. The second kappa shape index (κ2) is 4.83. The average Bonchev–Trinajstić information content (AvgIpc) is 2.60. The molecule has 0 amide bonds. The van der Waals surface area contributed by atoms with Crippen LogP contribution in [0.2, 0.25) is 0 Å². The first-order valence-corrected chi connectivity index (χ1v) is 4.94. The smallest absolute Gasteiger partial charge is 0.435 e. The first-order chi connectivity index (χ1) is 7.42. The summed E-state index contributed by atoms with van der Waals surface area (Å²) < 4.78 is 11.4. The zero-order valence-corrected chi connectivity index (χ0v) is 9.77. The topological polar surface area (TPSA) is 53.4 Å². The van der Waals surface area contributed by atoms with E-state index >= 15 is 0 Å². The van der Waals surface area contributed by atoms with Gasteiger partial charge in [-0.05, 0) is 20.8 Å². The van der Waals surface area contributed by atoms with Crippen LogP contribution in [0.1, 0.15) is 20.8 Å². The molecule has 16 heavy (non-hydrogen) atoms. The highest BCUT2D eigenvalue weighted by Crippen LogP contribution is 2.12. The zero-order chi connectivity index (χ0) is 12.2. The van der Waals surface area contributed by atoms with Crippen LogP contribution in [0.5, 0.6) is 5.75 Å². The Hall–Kier alpha value is -1.78. The third kappa shape index (κ3) is 3.76. The molecule has 0 bridgehead atoms. The normalized spacial score (nSPS) is 10.9. The Morgan fingerprint density at radius 2 is 2.31 bits per heavy atom. The van der Waals surface area contributed by atoms with Crippen LogP contribution in [0.15, 0.2) is 25.0 Å². The van der Waals surface area contributed by atoms with Crippen molar-refractivity contribution in [2.45, 2.75) is 26.4 Å². The molecule has 5 nitrogen and oxygen atoms in total. The minimum atomic E-state index is -0.537. The van der Waals surface area contributed by atoms with Gasteiger partial charge in [-0.15, -0.1) is 0 Å². The molecule has 1 heterocycles. The average molecular weight is 224 g/mol. The second-order valence-electron chi connectivity index (χ2n) is 4.20. The SMILES string of the molecule is C=CCOc1cnn(C(=O)OC(C)(C)C)c1. The van der Waals surface area contributed by atoms with Crippen LogP contribution >= 0.6 is 0 Å². The molecule has 0 N–H and O–H groups in total. The van der Waals surface area contributed by atoms with Gasteiger partial charge in [0.05, 0.1) is 12.4 Å². The Balaban J connectivity index is 2.63. The summed E-state index contributed by atoms with van der Waals surface area (Å²) in [6.45, 7) is 9.28. The van der Waals surface area contributed by atoms with E-state index < -0.39 is 11.7 Å². The number of nitrogens with zero attached hydrogens (tertiary/aromatic N) is 2. The molecule has 0 saturated heterocycles. The van der Waals surface area contributed by atoms with Gasteiger partial charge in [0.1, 0.15) is 12.2 Å². The van der Waals surface area contributed by atoms with Crippen LogP contribution in [-0.4, -0.2) is 28.1 Å². The van der Waals surface area contributed by atoms with Gasteiger partial charge in [-0.1, -0.05) is 12.7 Å². The Bertz CT molecular complexity index is 377. The molecule has 0 atom stereocenters. The lowest BCUT2D eigenvalue weighted by molar-refractivity contribution is 0.0514. The number of aromatic nitrogens is 2. The molecule has 1 aromatic heterocycles. The lowest BCUT2D eigenvalue weighted by Crippen LogP contribution is -2.27. The predicted octanol–water partition coefficient (Wildman–Crippen LogP) is 2.23. The number of rotatable bonds is 3. The van der Waals surface area contributed by atoms with Gasteiger partial charge in [0.15, 0.2) is 5.75 Å². The molecule has 0 aliphatic rings. The van der Waals surface area contributed by atoms with Gasteiger partial charge in [0.25, 0.3) is 0 Å². The lowest BCUT2D eigenvalue weighted by Gasteiger charge is -2.18. The van der Waals surface area contributed by atoms with Gasteiger partial charge >= 0.3 is 6.09 Å². The van der Waals surface area contributed by atoms with Crippen molar-refractivity contribution in [3.8, 4) is 5.75 Å². The number of carbonyl (C=O) groups excluding carboxylic acids is 1. The first kappa shape index (κ1) is 12.3. The van der Waals surface area contributed by atoms with E-state index in [0.29, 0.717) is 12.4 Å². The van der Waals surface area contributed by atoms with E-state index in [9.17, 15) is 4.79 Å². The summed E-state index contributed by atoms with van der Waals surface area (Å²) in [5.41, 5.74) is -0.537. The molecule has 0 aliphatic carbocycles. The molecule has 0 saturated carbocycles. The highest BCUT2D eigenvalue weighted by atomic mass is 16.6. The van der Waals surface area contributed by atoms with Crippen molar-refractivity contribution in [3.63, 3.8) is 0 Å². The maximum atomic E-state index is 11.5. The number of ether oxygens (including phenoxy) is 2. The van der Waals surface area contributed by atoms with E-state index in [1.807, 2.05) is 0 Å². The molecule has 0 aliphatic heterocycles. The minimum absolute atomic E-state index is 0.375. The fraction of sp³-hybridized carbons (Fsp3) is 0.455. The van der Waals surface area contributed by atoms with Crippen molar-refractivity contribution in [2.75, 3.05) is 6.61 Å². The summed E-state index contributed by atoms with van der Waals surface area (Å²) in [5, 5.41) is 3.84. The Kier molecular flexibility index (Phi) is 3.71. The van der Waals surface area contributed by atoms with Crippen molar-refractivity contribution in [1.82, 2.24) is 9.78 Å². The largest absolute Gasteiger partial charge is 0.486 e. The fourth-order valence-corrected chi connectivity index (χ4v) is 0.945. The van der Waals surface area contributed by atoms with E-state index in [0.717, 1.165) is 4.68 Å². The Morgan fingerprint density at radius 3 is 2.88 bits per heavy atom. The molecule has 0 fully saturated rings. The molecule has 0 spiro atoms. The van der Waals surface area contributed by atoms with E-state index in [1.54, 1.807) is 26.8 Å². The van der Waals surface area contributed by atoms with E-state index in [4.69, 9.17) is 9.47 Å². The van der Waals surface area contributed by atoms with E-state index in [-0.39, 0.29) is 0 Å². The van der Waals surface area contributed by atoms with E-state index in [2.05, 4.69) is 11.7 Å². The predicted molar refractivity (Wildman–Crippen MR) is 59.6 cm³/mol. The summed E-state index contributed by atoms with van der Waals surface area (Å²) in [4.78, 5) is 11.5. The van der Waals surface area contributed by atoms with Gasteiger partial charge < -0.3 is 9.47 Å². The quantitative estimate of drug-likeness (QED) is 0.739. The fourth-order valence-electron chi connectivity index (χ4n) is 0.945. The second-order valence-corrected chi connectivity index (χ2v) is 4.20. The molecular formula is C11H16N2O3. The molecule has 0 unspecified atom stereocenters. The highest BCUT2D eigenvalue weighted by Gasteiger charge is 2.18. The summed E-state index contributed by atoms with van der Waals surface area (Å²) in [7, 11) is 0. The molecule has 5 heteroatoms. The van der Waals surface area contributed by atoms with Crippen molar-refractivity contribution >= 4 is 6.09 Å². The maximum absolute atomic E-state index is 11.5. The maximum Gasteiger partial charge on any atom is 0.435 e. The van der Waals surface area contributed by atoms with Crippen LogP contribution in [0.4, 0.5) is 4.79 Å². The van der Waals surface area contributed by atoms with Gasteiger partial charge in [0, 0.05) is 0 Å². The highest BCUT2D eigenvalue weighted by molar-refractivity contribution is 5.70. The van der Waals surface area contributed by atoms with Crippen LogP contribution in [0, 0.1) is 0 Å². The molecule has 0 aromatic carbocycles. The third-order valence-electron chi connectivity index (χ3n) is 1.51. The van der Waals surface area contributed by atoms with Gasteiger partial charge in [-0.25, -0.2) is 4.79 Å². The van der Waals surface area contributed by atoms with Crippen LogP contribution in [0.25, 0.3) is 0 Å². The van der Waals surface area contributed by atoms with Crippen molar-refractivity contribution in [1.29, 1.82) is 0 Å². The summed E-state index contributed by atoms with van der Waals surface area (Å²) in [6, 6.07) is 0. The minimum Gasteiger partial charge on any atom is -0.486 e. The molecular weight excluding hydrogens is 208 g/mol. The van der Waals surface area contributed by atoms with Crippen LogP contribution < -0.4 is 4.74 Å². The third-order valence-corrected chi connectivity index (χ3v) is 1.51. The van der Waals surface area contributed by atoms with Gasteiger partial charge in [0.2, 0.25) is 0 Å². The molecule has 0 radical (unpaired) electrons. The molecule has 1 aromatic rings. The molecule has 1 rings (SSSR count). The summed E-state index contributed by atoms with van der Waals surface area (Å²) in [6.07, 6.45) is 4.01.